The summed E-state index contributed by atoms with van der Waals surface area (Å²) in [6, 6.07) is 14.3. The van der Waals surface area contributed by atoms with Gasteiger partial charge in [0.1, 0.15) is 5.01 Å². The van der Waals surface area contributed by atoms with Gasteiger partial charge < -0.3 is 19.5 Å². The fourth-order valence-electron chi connectivity index (χ4n) is 3.17. The van der Waals surface area contributed by atoms with E-state index in [0.29, 0.717) is 23.8 Å². The normalized spacial score (nSPS) is 11.9. The predicted molar refractivity (Wildman–Crippen MR) is 114 cm³/mol. The molecule has 2 aromatic carbocycles. The number of aryl methyl sites for hydroxylation is 1. The molecule has 0 saturated heterocycles. The molecule has 1 unspecified atom stereocenters. The van der Waals surface area contributed by atoms with E-state index in [4.69, 9.17) is 19.2 Å². The van der Waals surface area contributed by atoms with Crippen LogP contribution in [0.4, 0.5) is 0 Å². The quantitative estimate of drug-likeness (QED) is 0.579. The summed E-state index contributed by atoms with van der Waals surface area (Å²) in [5, 5.41) is 4.63. The Balaban J connectivity index is 1.78. The van der Waals surface area contributed by atoms with E-state index in [1.807, 2.05) is 30.3 Å². The van der Waals surface area contributed by atoms with Gasteiger partial charge >= 0.3 is 0 Å². The third-order valence-corrected chi connectivity index (χ3v) is 6.02. The lowest BCUT2D eigenvalue weighted by molar-refractivity contribution is 0.321. The summed E-state index contributed by atoms with van der Waals surface area (Å²) in [7, 11) is 4.88. The number of nitrogens with one attached hydrogen (secondary N) is 1. The Morgan fingerprint density at radius 2 is 1.68 bits per heavy atom. The van der Waals surface area contributed by atoms with Crippen molar-refractivity contribution in [3.8, 4) is 27.8 Å². The lowest BCUT2D eigenvalue weighted by Gasteiger charge is -2.18. The summed E-state index contributed by atoms with van der Waals surface area (Å²) in [5.41, 5.74) is 3.22. The fraction of sp³-hybridized carbons (Fsp3) is 0.318. The number of rotatable bonds is 8. The zero-order valence-corrected chi connectivity index (χ0v) is 17.7. The molecule has 28 heavy (non-hydrogen) atoms. The van der Waals surface area contributed by atoms with Crippen LogP contribution in [0.5, 0.6) is 17.2 Å². The van der Waals surface area contributed by atoms with E-state index in [0.717, 1.165) is 21.8 Å². The van der Waals surface area contributed by atoms with E-state index in [9.17, 15) is 0 Å². The molecule has 0 saturated carbocycles. The van der Waals surface area contributed by atoms with Crippen LogP contribution < -0.4 is 19.5 Å². The van der Waals surface area contributed by atoms with E-state index in [1.165, 1.54) is 4.88 Å². The molecule has 0 bridgehead atoms. The van der Waals surface area contributed by atoms with Crippen LogP contribution in [0.1, 0.15) is 29.1 Å². The predicted octanol–water partition coefficient (Wildman–Crippen LogP) is 5.00. The molecular formula is C22H26N2O3S. The summed E-state index contributed by atoms with van der Waals surface area (Å²) in [5.74, 6) is 1.95. The van der Waals surface area contributed by atoms with Crippen LogP contribution in [0.2, 0.25) is 0 Å². The largest absolute Gasteiger partial charge is 0.493 e. The van der Waals surface area contributed by atoms with Crippen LogP contribution >= 0.6 is 11.3 Å². The zero-order chi connectivity index (χ0) is 20.1. The number of benzene rings is 2. The Hall–Kier alpha value is -2.57. The Morgan fingerprint density at radius 1 is 0.964 bits per heavy atom. The van der Waals surface area contributed by atoms with E-state index < -0.39 is 0 Å². The molecule has 0 aliphatic rings. The van der Waals surface area contributed by atoms with Crippen LogP contribution in [-0.4, -0.2) is 26.3 Å². The van der Waals surface area contributed by atoms with Crippen LogP contribution in [-0.2, 0) is 6.54 Å². The average molecular weight is 399 g/mol. The van der Waals surface area contributed by atoms with Crippen molar-refractivity contribution in [1.82, 2.24) is 10.3 Å². The number of hydrogen-bond acceptors (Lipinski definition) is 6. The second-order valence-electron chi connectivity index (χ2n) is 6.43. The highest BCUT2D eigenvalue weighted by molar-refractivity contribution is 7.15. The topological polar surface area (TPSA) is 52.6 Å². The van der Waals surface area contributed by atoms with Gasteiger partial charge in [-0.2, -0.15) is 0 Å². The lowest BCUT2D eigenvalue weighted by atomic mass is 10.1. The summed E-state index contributed by atoms with van der Waals surface area (Å²) in [4.78, 5) is 5.99. The lowest BCUT2D eigenvalue weighted by Crippen LogP contribution is -2.18. The molecule has 1 N–H and O–H groups in total. The summed E-state index contributed by atoms with van der Waals surface area (Å²) in [6.45, 7) is 4.86. The molecule has 3 rings (SSSR count). The van der Waals surface area contributed by atoms with Gasteiger partial charge in [0.25, 0.3) is 0 Å². The summed E-state index contributed by atoms with van der Waals surface area (Å²) in [6.07, 6.45) is 0. The third kappa shape index (κ3) is 4.13. The maximum absolute atomic E-state index is 5.58. The molecule has 0 fully saturated rings. The van der Waals surface area contributed by atoms with Gasteiger partial charge in [0.15, 0.2) is 11.5 Å². The number of hydrogen-bond donors (Lipinski definition) is 1. The van der Waals surface area contributed by atoms with Crippen molar-refractivity contribution in [2.75, 3.05) is 21.3 Å². The SMILES string of the molecule is COc1ccc(CNC(C)c2sc(-c3ccccc3)nc2C)c(OC)c1OC. The number of nitrogens with zero attached hydrogens (tertiary/aromatic N) is 1. The fourth-order valence-corrected chi connectivity index (χ4v) is 4.27. The van der Waals surface area contributed by atoms with Gasteiger partial charge in [-0.05, 0) is 19.9 Å². The minimum Gasteiger partial charge on any atom is -0.493 e. The highest BCUT2D eigenvalue weighted by Gasteiger charge is 2.18. The molecule has 6 heteroatoms. The average Bonchev–Trinajstić information content (AvgIpc) is 3.13. The molecule has 3 aromatic rings. The second kappa shape index (κ2) is 9.08. The van der Waals surface area contributed by atoms with Gasteiger partial charge in [-0.25, -0.2) is 4.98 Å². The molecule has 5 nitrogen and oxygen atoms in total. The minimum atomic E-state index is 0.160. The van der Waals surface area contributed by atoms with Gasteiger partial charge in [0, 0.05) is 28.6 Å². The third-order valence-electron chi connectivity index (χ3n) is 4.63. The summed E-state index contributed by atoms with van der Waals surface area (Å²) < 4.78 is 16.4. The number of thiazole rings is 1. The molecule has 1 aromatic heterocycles. The maximum Gasteiger partial charge on any atom is 0.203 e. The van der Waals surface area contributed by atoms with Crippen molar-refractivity contribution < 1.29 is 14.2 Å². The van der Waals surface area contributed by atoms with E-state index >= 15 is 0 Å². The molecule has 0 aliphatic heterocycles. The van der Waals surface area contributed by atoms with Crippen molar-refractivity contribution in [1.29, 1.82) is 0 Å². The molecule has 1 heterocycles. The molecule has 0 amide bonds. The van der Waals surface area contributed by atoms with Crippen LogP contribution in [0, 0.1) is 6.92 Å². The Bertz CT molecular complexity index is 925. The van der Waals surface area contributed by atoms with Crippen molar-refractivity contribution in [3.05, 3.63) is 58.6 Å². The first-order chi connectivity index (χ1) is 13.6. The van der Waals surface area contributed by atoms with Crippen molar-refractivity contribution in [3.63, 3.8) is 0 Å². The Kier molecular flexibility index (Phi) is 6.54. The Morgan fingerprint density at radius 3 is 2.32 bits per heavy atom. The zero-order valence-electron chi connectivity index (χ0n) is 16.9. The highest BCUT2D eigenvalue weighted by atomic mass is 32.1. The molecule has 148 valence electrons. The first-order valence-electron chi connectivity index (χ1n) is 9.13. The standard InChI is InChI=1S/C22H26N2O3S/c1-14(21-15(2)24-22(28-21)16-9-7-6-8-10-16)23-13-17-11-12-18(25-3)20(27-5)19(17)26-4/h6-12,14,23H,13H2,1-5H3. The van der Waals surface area contributed by atoms with Gasteiger partial charge in [-0.3, -0.25) is 0 Å². The first-order valence-corrected chi connectivity index (χ1v) is 9.94. The van der Waals surface area contributed by atoms with E-state index in [2.05, 4.69) is 31.3 Å². The van der Waals surface area contributed by atoms with E-state index in [1.54, 1.807) is 32.7 Å². The first kappa shape index (κ1) is 20.2. The van der Waals surface area contributed by atoms with Gasteiger partial charge in [-0.1, -0.05) is 36.4 Å². The molecule has 1 atom stereocenters. The van der Waals surface area contributed by atoms with Gasteiger partial charge in [0.2, 0.25) is 5.75 Å². The van der Waals surface area contributed by atoms with Crippen molar-refractivity contribution in [2.45, 2.75) is 26.4 Å². The molecule has 0 radical (unpaired) electrons. The van der Waals surface area contributed by atoms with Crippen molar-refractivity contribution in [2.24, 2.45) is 0 Å². The van der Waals surface area contributed by atoms with Crippen LogP contribution in [0.3, 0.4) is 0 Å². The smallest absolute Gasteiger partial charge is 0.203 e. The van der Waals surface area contributed by atoms with Crippen LogP contribution in [0.15, 0.2) is 42.5 Å². The highest BCUT2D eigenvalue weighted by Crippen LogP contribution is 2.40. The number of ether oxygens (including phenoxy) is 3. The van der Waals surface area contributed by atoms with Crippen molar-refractivity contribution >= 4 is 11.3 Å². The van der Waals surface area contributed by atoms with Gasteiger partial charge in [0.05, 0.1) is 27.0 Å². The second-order valence-corrected chi connectivity index (χ2v) is 7.46. The molecule has 0 spiro atoms. The van der Waals surface area contributed by atoms with Crippen LogP contribution in [0.25, 0.3) is 10.6 Å². The Labute approximate surface area is 170 Å². The maximum atomic E-state index is 5.58. The monoisotopic (exact) mass is 398 g/mol. The number of methoxy groups -OCH3 is 3. The molecule has 0 aliphatic carbocycles. The number of aromatic nitrogens is 1. The summed E-state index contributed by atoms with van der Waals surface area (Å²) >= 11 is 1.73. The minimum absolute atomic E-state index is 0.160. The van der Waals surface area contributed by atoms with Gasteiger partial charge in [-0.15, -0.1) is 11.3 Å². The van der Waals surface area contributed by atoms with E-state index in [-0.39, 0.29) is 6.04 Å². The molecular weight excluding hydrogens is 372 g/mol.